The second kappa shape index (κ2) is 7.76. The SMILES string of the molecule is COc1cnc(C(=O)Nc2ccc(F)c(C3(C)CS4(=O)=NCCCC4(C)C(N)=N3)n2)cn1. The maximum absolute atomic E-state index is 14.9. The summed E-state index contributed by atoms with van der Waals surface area (Å²) in [6.07, 6.45) is 3.93. The maximum Gasteiger partial charge on any atom is 0.277 e. The first-order valence-electron chi connectivity index (χ1n) is 10.0. The van der Waals surface area contributed by atoms with E-state index in [2.05, 4.69) is 29.6 Å². The van der Waals surface area contributed by atoms with Gasteiger partial charge in [-0.1, -0.05) is 0 Å². The van der Waals surface area contributed by atoms with Gasteiger partial charge in [-0.2, -0.15) is 0 Å². The predicted octanol–water partition coefficient (Wildman–Crippen LogP) is 1.88. The summed E-state index contributed by atoms with van der Waals surface area (Å²) in [6, 6.07) is 2.50. The molecule has 0 saturated carbocycles. The summed E-state index contributed by atoms with van der Waals surface area (Å²) in [7, 11) is -1.36. The van der Waals surface area contributed by atoms with Crippen LogP contribution in [0.1, 0.15) is 42.9 Å². The van der Waals surface area contributed by atoms with Gasteiger partial charge in [0.1, 0.15) is 39.1 Å². The molecule has 2 aromatic heterocycles. The molecule has 3 atom stereocenters. The number of amides is 1. The number of fused-ring (bicyclic) bond motifs is 1. The van der Waals surface area contributed by atoms with Crippen LogP contribution in [0.25, 0.3) is 0 Å². The second-order valence-electron chi connectivity index (χ2n) is 8.17. The van der Waals surface area contributed by atoms with Crippen LogP contribution >= 0.6 is 0 Å². The van der Waals surface area contributed by atoms with Gasteiger partial charge < -0.3 is 15.8 Å². The van der Waals surface area contributed by atoms with Crippen molar-refractivity contribution in [3.63, 3.8) is 0 Å². The van der Waals surface area contributed by atoms with Crippen LogP contribution in [0.2, 0.25) is 0 Å². The van der Waals surface area contributed by atoms with Crippen molar-refractivity contribution in [2.24, 2.45) is 15.1 Å². The van der Waals surface area contributed by atoms with E-state index < -0.39 is 31.7 Å². The molecule has 0 aromatic carbocycles. The number of methoxy groups -OCH3 is 1. The van der Waals surface area contributed by atoms with Gasteiger partial charge in [0.05, 0.1) is 35.0 Å². The van der Waals surface area contributed by atoms with Gasteiger partial charge >= 0.3 is 0 Å². The highest BCUT2D eigenvalue weighted by molar-refractivity contribution is 7.95. The van der Waals surface area contributed by atoms with Gasteiger partial charge in [-0.05, 0) is 38.8 Å². The minimum atomic E-state index is -2.79. The first-order valence-corrected chi connectivity index (χ1v) is 11.7. The van der Waals surface area contributed by atoms with E-state index in [-0.39, 0.29) is 34.7 Å². The van der Waals surface area contributed by atoms with Gasteiger partial charge in [-0.25, -0.2) is 27.9 Å². The third kappa shape index (κ3) is 3.57. The topological polar surface area (TPSA) is 145 Å². The molecule has 4 heterocycles. The van der Waals surface area contributed by atoms with Crippen LogP contribution in [0, 0.1) is 5.82 Å². The molecule has 0 saturated heterocycles. The third-order valence-electron chi connectivity index (χ3n) is 5.87. The Labute approximate surface area is 185 Å². The van der Waals surface area contributed by atoms with Gasteiger partial charge in [-0.3, -0.25) is 9.79 Å². The Kier molecular flexibility index (Phi) is 5.35. The fourth-order valence-corrected chi connectivity index (χ4v) is 6.87. The van der Waals surface area contributed by atoms with Crippen molar-refractivity contribution in [3.8, 4) is 5.88 Å². The fourth-order valence-electron chi connectivity index (χ4n) is 3.95. The van der Waals surface area contributed by atoms with Crippen molar-refractivity contribution in [3.05, 3.63) is 41.7 Å². The number of nitrogens with zero attached hydrogens (tertiary/aromatic N) is 5. The zero-order chi connectivity index (χ0) is 23.1. The van der Waals surface area contributed by atoms with Crippen LogP contribution in [0.5, 0.6) is 5.88 Å². The zero-order valence-electron chi connectivity index (χ0n) is 18.0. The number of ether oxygens (including phenoxy) is 1. The van der Waals surface area contributed by atoms with Gasteiger partial charge in [0.2, 0.25) is 5.88 Å². The number of halogens is 1. The Morgan fingerprint density at radius 1 is 1.28 bits per heavy atom. The van der Waals surface area contributed by atoms with Crippen LogP contribution in [0.4, 0.5) is 10.2 Å². The first-order chi connectivity index (χ1) is 15.1. The van der Waals surface area contributed by atoms with Crippen LogP contribution in [-0.4, -0.2) is 55.1 Å². The fraction of sp³-hybridized carbons (Fsp3) is 0.450. The molecule has 4 rings (SSSR count). The molecule has 0 aliphatic carbocycles. The molecular formula is C20H24FN7O3S. The molecule has 0 bridgehead atoms. The normalized spacial score (nSPS) is 29.3. The highest BCUT2D eigenvalue weighted by Crippen LogP contribution is 2.42. The number of nitrogens with two attached hydrogens (primary N) is 1. The van der Waals surface area contributed by atoms with Crippen LogP contribution < -0.4 is 15.8 Å². The minimum Gasteiger partial charge on any atom is -0.480 e. The van der Waals surface area contributed by atoms with Gasteiger partial charge in [0.15, 0.2) is 0 Å². The second-order valence-corrected chi connectivity index (χ2v) is 10.9. The highest BCUT2D eigenvalue weighted by Gasteiger charge is 2.51. The number of rotatable bonds is 4. The standard InChI is InChI=1S/C20H24FN7O3S/c1-19(11-32(30)20(2,18(22)28-19)7-4-8-25-32)16-12(21)5-6-14(26-16)27-17(29)13-9-24-15(31-3)10-23-13/h5-6,9-10H,4,7-8,11H2,1-3H3,(H2,22,28)(H,26,27,29). The van der Waals surface area contributed by atoms with Gasteiger partial charge in [0.25, 0.3) is 5.91 Å². The molecule has 3 unspecified atom stereocenters. The molecule has 0 fully saturated rings. The summed E-state index contributed by atoms with van der Waals surface area (Å²) >= 11 is 0. The van der Waals surface area contributed by atoms with Crippen LogP contribution in [0.3, 0.4) is 0 Å². The molecule has 170 valence electrons. The molecule has 2 aliphatic heterocycles. The van der Waals surface area contributed by atoms with E-state index in [0.29, 0.717) is 13.0 Å². The first kappa shape index (κ1) is 22.1. The number of nitrogens with one attached hydrogen (secondary N) is 1. The molecule has 1 amide bonds. The van der Waals surface area contributed by atoms with E-state index >= 15 is 0 Å². The quantitative estimate of drug-likeness (QED) is 0.707. The maximum atomic E-state index is 14.9. The lowest BCUT2D eigenvalue weighted by Crippen LogP contribution is -2.57. The molecule has 3 N–H and O–H groups in total. The molecule has 0 spiro atoms. The Morgan fingerprint density at radius 3 is 2.75 bits per heavy atom. The molecule has 2 aliphatic rings. The Balaban J connectivity index is 1.68. The smallest absolute Gasteiger partial charge is 0.277 e. The molecule has 0 radical (unpaired) electrons. The van der Waals surface area contributed by atoms with E-state index in [0.717, 1.165) is 6.42 Å². The van der Waals surface area contributed by atoms with Crippen LogP contribution in [0.15, 0.2) is 33.9 Å². The monoisotopic (exact) mass is 461 g/mol. The van der Waals surface area contributed by atoms with Crippen molar-refractivity contribution in [2.75, 3.05) is 24.7 Å². The number of carbonyl (C=O) groups is 1. The Hall–Kier alpha value is -3.15. The summed E-state index contributed by atoms with van der Waals surface area (Å²) < 4.78 is 37.1. The minimum absolute atomic E-state index is 0.0114. The van der Waals surface area contributed by atoms with Crippen molar-refractivity contribution < 1.29 is 18.1 Å². The average molecular weight is 462 g/mol. The zero-order valence-corrected chi connectivity index (χ0v) is 18.8. The highest BCUT2D eigenvalue weighted by atomic mass is 32.2. The van der Waals surface area contributed by atoms with Crippen molar-refractivity contribution in [1.82, 2.24) is 15.0 Å². The lowest BCUT2D eigenvalue weighted by atomic mass is 9.96. The van der Waals surface area contributed by atoms with Crippen molar-refractivity contribution >= 4 is 27.3 Å². The summed E-state index contributed by atoms with van der Waals surface area (Å²) in [6.45, 7) is 3.89. The number of anilines is 1. The van der Waals surface area contributed by atoms with E-state index in [1.807, 2.05) is 0 Å². The summed E-state index contributed by atoms with van der Waals surface area (Å²) in [5.41, 5.74) is 4.92. The largest absolute Gasteiger partial charge is 0.480 e. The average Bonchev–Trinajstić information content (AvgIpc) is 2.76. The van der Waals surface area contributed by atoms with Crippen molar-refractivity contribution in [1.29, 1.82) is 0 Å². The molecular weight excluding hydrogens is 437 g/mol. The molecule has 32 heavy (non-hydrogen) atoms. The number of carbonyl (C=O) groups excluding carboxylic acids is 1. The molecule has 2 aromatic rings. The summed E-state index contributed by atoms with van der Waals surface area (Å²) in [5.74, 6) is -0.704. The van der Waals surface area contributed by atoms with Gasteiger partial charge in [-0.15, -0.1) is 0 Å². The lowest BCUT2D eigenvalue weighted by Gasteiger charge is -2.43. The lowest BCUT2D eigenvalue weighted by molar-refractivity contribution is 0.102. The number of hydrogen-bond acceptors (Lipinski definition) is 9. The van der Waals surface area contributed by atoms with E-state index in [9.17, 15) is 13.4 Å². The number of aliphatic imine (C=N–C) groups is 1. The van der Waals surface area contributed by atoms with Crippen molar-refractivity contribution in [2.45, 2.75) is 37.0 Å². The Morgan fingerprint density at radius 2 is 2.06 bits per heavy atom. The van der Waals surface area contributed by atoms with E-state index in [4.69, 9.17) is 10.5 Å². The molecule has 10 nitrogen and oxygen atoms in total. The van der Waals surface area contributed by atoms with Crippen LogP contribution in [-0.2, 0) is 15.3 Å². The number of hydrogen-bond donors (Lipinski definition) is 2. The van der Waals surface area contributed by atoms with E-state index in [1.54, 1.807) is 13.8 Å². The summed E-state index contributed by atoms with van der Waals surface area (Å²) in [5, 5.41) is 2.57. The number of amidine groups is 1. The molecule has 12 heteroatoms. The van der Waals surface area contributed by atoms with E-state index in [1.165, 1.54) is 31.6 Å². The number of aromatic nitrogens is 3. The van der Waals surface area contributed by atoms with Gasteiger partial charge in [0, 0.05) is 6.54 Å². The number of pyridine rings is 1. The predicted molar refractivity (Wildman–Crippen MR) is 118 cm³/mol. The Bertz CT molecular complexity index is 1230. The third-order valence-corrected chi connectivity index (χ3v) is 9.24. The summed E-state index contributed by atoms with van der Waals surface area (Å²) in [4.78, 5) is 29.2.